The number of carbonyl (C=O) groups is 1. The maximum atomic E-state index is 13.3. The number of nitrogens with one attached hydrogen (secondary N) is 1. The van der Waals surface area contributed by atoms with Crippen LogP contribution in [0.25, 0.3) is 0 Å². The van der Waals surface area contributed by atoms with Gasteiger partial charge in [-0.1, -0.05) is 0 Å². The number of hydrogen-bond acceptors (Lipinski definition) is 3. The molecule has 0 radical (unpaired) electrons. The Bertz CT molecular complexity index is 569. The molecule has 2 rings (SSSR count). The van der Waals surface area contributed by atoms with Crippen molar-refractivity contribution in [1.82, 2.24) is 4.90 Å². The van der Waals surface area contributed by atoms with Gasteiger partial charge < -0.3 is 20.1 Å². The topological polar surface area (TPSA) is 61.8 Å². The Labute approximate surface area is 138 Å². The normalized spacial score (nSPS) is 19.2. The Morgan fingerprint density at radius 1 is 1.50 bits per heavy atom. The third kappa shape index (κ3) is 5.02. The first-order valence-electron chi connectivity index (χ1n) is 7.81. The Balaban J connectivity index is 2.05. The molecule has 1 heterocycles. The van der Waals surface area contributed by atoms with E-state index in [-0.39, 0.29) is 17.4 Å². The predicted octanol–water partition coefficient (Wildman–Crippen LogP) is 3.09. The average Bonchev–Trinajstić information content (AvgIpc) is 2.55. The highest BCUT2D eigenvalue weighted by molar-refractivity contribution is 5.91. The summed E-state index contributed by atoms with van der Waals surface area (Å²) in [4.78, 5) is 13.9. The van der Waals surface area contributed by atoms with Crippen molar-refractivity contribution in [3.8, 4) is 5.75 Å². The number of aliphatic hydroxyl groups is 1. The summed E-state index contributed by atoms with van der Waals surface area (Å²) < 4.78 is 42.7. The molecule has 1 aromatic carbocycles. The summed E-state index contributed by atoms with van der Waals surface area (Å²) in [6, 6.07) is 2.89. The Kier molecular flexibility index (Phi) is 6.30. The summed E-state index contributed by atoms with van der Waals surface area (Å²) >= 11 is 0. The summed E-state index contributed by atoms with van der Waals surface area (Å²) in [5.74, 6) is -0.801. The molecule has 0 bridgehead atoms. The van der Waals surface area contributed by atoms with Gasteiger partial charge in [-0.3, -0.25) is 0 Å². The molecule has 5 nitrogen and oxygen atoms in total. The number of benzene rings is 1. The van der Waals surface area contributed by atoms with Gasteiger partial charge >= 0.3 is 6.03 Å². The Hall–Kier alpha value is -1.96. The van der Waals surface area contributed by atoms with Crippen LogP contribution in [0.15, 0.2) is 18.2 Å². The average molecular weight is 346 g/mol. The van der Waals surface area contributed by atoms with Crippen LogP contribution in [0.4, 0.5) is 23.7 Å². The van der Waals surface area contributed by atoms with Gasteiger partial charge in [0.05, 0.1) is 11.8 Å². The number of piperidine rings is 1. The van der Waals surface area contributed by atoms with Crippen LogP contribution in [0.5, 0.6) is 5.75 Å². The van der Waals surface area contributed by atoms with Crippen molar-refractivity contribution >= 4 is 11.7 Å². The van der Waals surface area contributed by atoms with Crippen LogP contribution in [0.1, 0.15) is 19.8 Å². The van der Waals surface area contributed by atoms with Gasteiger partial charge in [0.25, 0.3) is 6.43 Å². The summed E-state index contributed by atoms with van der Waals surface area (Å²) in [7, 11) is 0. The number of alkyl halides is 2. The van der Waals surface area contributed by atoms with E-state index in [1.807, 2.05) is 0 Å². The van der Waals surface area contributed by atoms with Crippen molar-refractivity contribution in [3.05, 3.63) is 24.0 Å². The maximum Gasteiger partial charge on any atom is 0.321 e. The molecule has 8 heteroatoms. The first kappa shape index (κ1) is 18.4. The fraction of sp³-hybridized carbons (Fsp3) is 0.562. The maximum absolute atomic E-state index is 13.3. The molecule has 0 spiro atoms. The van der Waals surface area contributed by atoms with E-state index in [0.717, 1.165) is 25.0 Å². The second-order valence-corrected chi connectivity index (χ2v) is 5.86. The Morgan fingerprint density at radius 3 is 2.92 bits per heavy atom. The van der Waals surface area contributed by atoms with Crippen molar-refractivity contribution in [1.29, 1.82) is 0 Å². The number of aliphatic hydroxyl groups excluding tert-OH is 1. The molecule has 0 aromatic heterocycles. The second kappa shape index (κ2) is 8.23. The van der Waals surface area contributed by atoms with Crippen LogP contribution in [-0.2, 0) is 0 Å². The monoisotopic (exact) mass is 346 g/mol. The van der Waals surface area contributed by atoms with Crippen LogP contribution in [0.3, 0.4) is 0 Å². The van der Waals surface area contributed by atoms with E-state index in [2.05, 4.69) is 5.32 Å². The lowest BCUT2D eigenvalue weighted by Gasteiger charge is -2.34. The van der Waals surface area contributed by atoms with Crippen LogP contribution < -0.4 is 10.1 Å². The molecule has 1 fully saturated rings. The van der Waals surface area contributed by atoms with Crippen molar-refractivity contribution in [2.75, 3.05) is 25.0 Å². The zero-order valence-electron chi connectivity index (χ0n) is 13.3. The van der Waals surface area contributed by atoms with E-state index >= 15 is 0 Å². The first-order chi connectivity index (χ1) is 11.4. The van der Waals surface area contributed by atoms with Gasteiger partial charge in [0.2, 0.25) is 0 Å². The van der Waals surface area contributed by atoms with Crippen molar-refractivity contribution in [2.45, 2.75) is 32.3 Å². The van der Waals surface area contributed by atoms with Crippen molar-refractivity contribution in [3.63, 3.8) is 0 Å². The fourth-order valence-corrected chi connectivity index (χ4v) is 2.65. The number of hydrogen-bond donors (Lipinski definition) is 2. The number of anilines is 1. The quantitative estimate of drug-likeness (QED) is 0.861. The largest absolute Gasteiger partial charge is 0.485 e. The van der Waals surface area contributed by atoms with Crippen LogP contribution in [0, 0.1) is 11.7 Å². The minimum Gasteiger partial charge on any atom is -0.485 e. The molecule has 134 valence electrons. The fourth-order valence-electron chi connectivity index (χ4n) is 2.65. The first-order valence-corrected chi connectivity index (χ1v) is 7.81. The van der Waals surface area contributed by atoms with Gasteiger partial charge in [-0.2, -0.15) is 0 Å². The number of rotatable bonds is 5. The minimum absolute atomic E-state index is 0.00716. The van der Waals surface area contributed by atoms with Crippen molar-refractivity contribution in [2.24, 2.45) is 5.92 Å². The predicted molar refractivity (Wildman–Crippen MR) is 82.9 cm³/mol. The molecule has 2 N–H and O–H groups in total. The minimum atomic E-state index is -2.70. The number of halogens is 3. The lowest BCUT2D eigenvalue weighted by atomic mass is 9.94. The highest BCUT2D eigenvalue weighted by atomic mass is 19.3. The molecule has 0 aliphatic carbocycles. The van der Waals surface area contributed by atoms with Gasteiger partial charge in [0, 0.05) is 25.1 Å². The summed E-state index contributed by atoms with van der Waals surface area (Å²) in [6.07, 6.45) is -1.62. The van der Waals surface area contributed by atoms with Crippen LogP contribution in [0.2, 0.25) is 0 Å². The molecular formula is C16H21F3N2O3. The van der Waals surface area contributed by atoms with E-state index in [0.29, 0.717) is 13.1 Å². The summed E-state index contributed by atoms with van der Waals surface area (Å²) in [5.41, 5.74) is 0.126. The number of nitrogens with zero attached hydrogens (tertiary/aromatic N) is 1. The van der Waals surface area contributed by atoms with Gasteiger partial charge in [-0.05, 0) is 31.9 Å². The highest BCUT2D eigenvalue weighted by Crippen LogP contribution is 2.27. The van der Waals surface area contributed by atoms with Gasteiger partial charge in [0.15, 0.2) is 0 Å². The highest BCUT2D eigenvalue weighted by Gasteiger charge is 2.27. The zero-order chi connectivity index (χ0) is 17.7. The lowest BCUT2D eigenvalue weighted by Crippen LogP contribution is -2.44. The van der Waals surface area contributed by atoms with E-state index in [4.69, 9.17) is 4.74 Å². The standard InChI is InChI=1S/C16H21F3N2O3/c1-10(22)11-3-2-6-21(8-11)16(23)20-13-5-4-12(17)7-14(13)24-9-15(18)19/h4-5,7,10-11,15,22H,2-3,6,8-9H2,1H3,(H,20,23). The summed E-state index contributed by atoms with van der Waals surface area (Å²) in [6.45, 7) is 1.73. The molecule has 24 heavy (non-hydrogen) atoms. The molecule has 2 amide bonds. The SMILES string of the molecule is CC(O)C1CCCN(C(=O)Nc2ccc(F)cc2OCC(F)F)C1. The molecule has 0 saturated carbocycles. The number of urea groups is 1. The van der Waals surface area contributed by atoms with Gasteiger partial charge in [-0.15, -0.1) is 0 Å². The van der Waals surface area contributed by atoms with Crippen molar-refractivity contribution < 1.29 is 27.8 Å². The molecule has 2 unspecified atom stereocenters. The van der Waals surface area contributed by atoms with E-state index in [1.165, 1.54) is 6.07 Å². The molecule has 1 aliphatic rings. The molecular weight excluding hydrogens is 325 g/mol. The third-order valence-electron chi connectivity index (χ3n) is 3.98. The Morgan fingerprint density at radius 2 is 2.25 bits per heavy atom. The van der Waals surface area contributed by atoms with Gasteiger partial charge in [-0.25, -0.2) is 18.0 Å². The number of carbonyl (C=O) groups excluding carboxylic acids is 1. The number of likely N-dealkylation sites (tertiary alicyclic amines) is 1. The zero-order valence-corrected chi connectivity index (χ0v) is 13.3. The lowest BCUT2D eigenvalue weighted by molar-refractivity contribution is 0.0765. The van der Waals surface area contributed by atoms with E-state index in [9.17, 15) is 23.1 Å². The third-order valence-corrected chi connectivity index (χ3v) is 3.98. The van der Waals surface area contributed by atoms with Gasteiger partial charge in [0.1, 0.15) is 18.2 Å². The van der Waals surface area contributed by atoms with Crippen LogP contribution in [-0.4, -0.2) is 48.3 Å². The van der Waals surface area contributed by atoms with Crippen LogP contribution >= 0.6 is 0 Å². The molecule has 1 aromatic rings. The molecule has 1 saturated heterocycles. The van der Waals surface area contributed by atoms with E-state index in [1.54, 1.807) is 11.8 Å². The molecule has 2 atom stereocenters. The second-order valence-electron chi connectivity index (χ2n) is 5.86. The molecule has 1 aliphatic heterocycles. The number of ether oxygens (including phenoxy) is 1. The smallest absolute Gasteiger partial charge is 0.321 e. The summed E-state index contributed by atoms with van der Waals surface area (Å²) in [5, 5.41) is 12.2. The van der Waals surface area contributed by atoms with E-state index < -0.39 is 31.0 Å². The number of amides is 2.